The van der Waals surface area contributed by atoms with Gasteiger partial charge in [0.1, 0.15) is 0 Å². The van der Waals surface area contributed by atoms with Crippen molar-refractivity contribution in [1.29, 1.82) is 0 Å². The van der Waals surface area contributed by atoms with Gasteiger partial charge in [-0.1, -0.05) is 173 Å². The minimum absolute atomic E-state index is 0.0586. The van der Waals surface area contributed by atoms with E-state index in [1.807, 2.05) is 0 Å². The van der Waals surface area contributed by atoms with Gasteiger partial charge in [0, 0.05) is 22.4 Å². The van der Waals surface area contributed by atoms with E-state index in [0.717, 1.165) is 0 Å². The fraction of sp³-hybridized carbons (Fsp3) is 0.170. The lowest BCUT2D eigenvalue weighted by molar-refractivity contribution is 0.444. The molecule has 0 saturated heterocycles. The van der Waals surface area contributed by atoms with Crippen molar-refractivity contribution in [2.24, 2.45) is 0 Å². The Morgan fingerprint density at radius 2 is 1.11 bits per heavy atom. The number of rotatable bonds is 6. The summed E-state index contributed by atoms with van der Waals surface area (Å²) in [6.07, 6.45) is 6.32. The molecule has 1 heteroatoms. The van der Waals surface area contributed by atoms with Crippen molar-refractivity contribution < 1.29 is 0 Å². The molecule has 10 rings (SSSR count). The first-order valence-electron chi connectivity index (χ1n) is 19.8. The zero-order chi connectivity index (χ0) is 36.2. The predicted molar refractivity (Wildman–Crippen MR) is 230 cm³/mol. The predicted octanol–water partition coefficient (Wildman–Crippen LogP) is 15.2. The molecule has 0 radical (unpaired) electrons. The second-order valence-corrected chi connectivity index (χ2v) is 15.9. The Kier molecular flexibility index (Phi) is 7.99. The van der Waals surface area contributed by atoms with E-state index in [9.17, 15) is 0 Å². The highest BCUT2D eigenvalue weighted by molar-refractivity contribution is 6.11. The molecule has 0 unspecified atom stereocenters. The number of anilines is 3. The standard InChI is InChI=1S/C53H45N/c1-53(2)48-27-14-13-25-44(48)47-35-41(30-31-49(47)53)54(50-32-29-40(36-16-5-3-6-17-36)34-46(50)38-18-7-4-8-19-38)51-33-28-39-21-10-12-24-43(39)52(51)45-26-15-22-37-20-9-11-23-42(37)45/h3,5-6,9-17,20-35,38H,4,7-8,18-19H2,1-2H3. The third-order valence-corrected chi connectivity index (χ3v) is 12.5. The van der Waals surface area contributed by atoms with Gasteiger partial charge < -0.3 is 4.90 Å². The summed E-state index contributed by atoms with van der Waals surface area (Å²) in [5.74, 6) is 0.496. The van der Waals surface area contributed by atoms with Crippen LogP contribution in [0.25, 0.3) is 54.9 Å². The van der Waals surface area contributed by atoms with Crippen molar-refractivity contribution in [1.82, 2.24) is 0 Å². The maximum atomic E-state index is 2.62. The molecule has 0 bridgehead atoms. The van der Waals surface area contributed by atoms with Crippen LogP contribution in [0.1, 0.15) is 68.6 Å². The molecule has 8 aromatic carbocycles. The van der Waals surface area contributed by atoms with Gasteiger partial charge in [-0.3, -0.25) is 0 Å². The van der Waals surface area contributed by atoms with E-state index in [0.29, 0.717) is 5.92 Å². The summed E-state index contributed by atoms with van der Waals surface area (Å²) < 4.78 is 0. The van der Waals surface area contributed by atoms with Crippen LogP contribution in [-0.2, 0) is 5.41 Å². The molecule has 0 aromatic heterocycles. The molecule has 0 amide bonds. The number of hydrogen-bond acceptors (Lipinski definition) is 1. The Bertz CT molecular complexity index is 2670. The maximum Gasteiger partial charge on any atom is 0.0546 e. The van der Waals surface area contributed by atoms with Gasteiger partial charge >= 0.3 is 0 Å². The Morgan fingerprint density at radius 3 is 1.94 bits per heavy atom. The fourth-order valence-corrected chi connectivity index (χ4v) is 9.74. The molecule has 2 aliphatic carbocycles. The van der Waals surface area contributed by atoms with E-state index in [4.69, 9.17) is 0 Å². The fourth-order valence-electron chi connectivity index (χ4n) is 9.74. The SMILES string of the molecule is CC1(C)c2ccccc2-c2cc(N(c3ccc(-c4ccccc4)cc3C3CCCCC3)c3ccc4ccccc4c3-c3cccc4ccccc34)ccc21. The molecular formula is C53H45N. The monoisotopic (exact) mass is 695 g/mol. The topological polar surface area (TPSA) is 3.24 Å². The van der Waals surface area contributed by atoms with E-state index < -0.39 is 0 Å². The highest BCUT2D eigenvalue weighted by Crippen LogP contribution is 2.53. The second-order valence-electron chi connectivity index (χ2n) is 15.9. The van der Waals surface area contributed by atoms with Crippen LogP contribution >= 0.6 is 0 Å². The zero-order valence-corrected chi connectivity index (χ0v) is 31.2. The van der Waals surface area contributed by atoms with Crippen molar-refractivity contribution in [3.63, 3.8) is 0 Å². The lowest BCUT2D eigenvalue weighted by Gasteiger charge is -2.34. The molecule has 1 fully saturated rings. The summed E-state index contributed by atoms with van der Waals surface area (Å²) in [5.41, 5.74) is 15.7. The van der Waals surface area contributed by atoms with Gasteiger partial charge in [0.25, 0.3) is 0 Å². The largest absolute Gasteiger partial charge is 0.310 e. The van der Waals surface area contributed by atoms with Crippen LogP contribution in [0.3, 0.4) is 0 Å². The van der Waals surface area contributed by atoms with Crippen molar-refractivity contribution in [2.75, 3.05) is 4.90 Å². The minimum Gasteiger partial charge on any atom is -0.310 e. The first-order chi connectivity index (χ1) is 26.6. The third-order valence-electron chi connectivity index (χ3n) is 12.5. The van der Waals surface area contributed by atoms with Gasteiger partial charge in [-0.15, -0.1) is 0 Å². The highest BCUT2D eigenvalue weighted by Gasteiger charge is 2.36. The number of nitrogens with zero attached hydrogens (tertiary/aromatic N) is 1. The minimum atomic E-state index is -0.0586. The first kappa shape index (κ1) is 32.7. The summed E-state index contributed by atoms with van der Waals surface area (Å²) >= 11 is 0. The summed E-state index contributed by atoms with van der Waals surface area (Å²) in [6, 6.07) is 63.9. The molecular weight excluding hydrogens is 651 g/mol. The van der Waals surface area contributed by atoms with Crippen LogP contribution in [0.2, 0.25) is 0 Å². The molecule has 0 atom stereocenters. The van der Waals surface area contributed by atoms with Crippen LogP contribution in [-0.4, -0.2) is 0 Å². The van der Waals surface area contributed by atoms with Gasteiger partial charge in [0.05, 0.1) is 5.69 Å². The van der Waals surface area contributed by atoms with Crippen LogP contribution in [0.4, 0.5) is 17.1 Å². The highest BCUT2D eigenvalue weighted by atomic mass is 15.1. The second kappa shape index (κ2) is 13.2. The van der Waals surface area contributed by atoms with Crippen LogP contribution < -0.4 is 4.90 Å². The molecule has 2 aliphatic rings. The molecule has 1 nitrogen and oxygen atoms in total. The van der Waals surface area contributed by atoms with E-state index >= 15 is 0 Å². The van der Waals surface area contributed by atoms with E-state index in [1.54, 1.807) is 0 Å². The molecule has 0 N–H and O–H groups in total. The molecule has 0 spiro atoms. The van der Waals surface area contributed by atoms with E-state index in [-0.39, 0.29) is 5.41 Å². The average molecular weight is 696 g/mol. The lowest BCUT2D eigenvalue weighted by Crippen LogP contribution is -2.17. The molecule has 0 aliphatic heterocycles. The average Bonchev–Trinajstić information content (AvgIpc) is 3.46. The van der Waals surface area contributed by atoms with Crippen LogP contribution in [0.5, 0.6) is 0 Å². The number of fused-ring (bicyclic) bond motifs is 5. The third kappa shape index (κ3) is 5.37. The maximum absolute atomic E-state index is 2.62. The Hall–Kier alpha value is -5.92. The lowest BCUT2D eigenvalue weighted by atomic mass is 9.81. The smallest absolute Gasteiger partial charge is 0.0546 e. The van der Waals surface area contributed by atoms with Gasteiger partial charge in [-0.25, -0.2) is 0 Å². The summed E-state index contributed by atoms with van der Waals surface area (Å²) in [5, 5.41) is 5.05. The van der Waals surface area contributed by atoms with Crippen molar-refractivity contribution in [3.8, 4) is 33.4 Å². The van der Waals surface area contributed by atoms with Gasteiger partial charge in [-0.05, 0) is 115 Å². The van der Waals surface area contributed by atoms with Gasteiger partial charge in [-0.2, -0.15) is 0 Å². The molecule has 1 saturated carbocycles. The Balaban J connectivity index is 1.29. The van der Waals surface area contributed by atoms with Crippen molar-refractivity contribution in [3.05, 3.63) is 187 Å². The molecule has 262 valence electrons. The van der Waals surface area contributed by atoms with Gasteiger partial charge in [0.15, 0.2) is 0 Å². The van der Waals surface area contributed by atoms with E-state index in [1.165, 1.54) is 121 Å². The summed E-state index contributed by atoms with van der Waals surface area (Å²) in [6.45, 7) is 4.75. The van der Waals surface area contributed by atoms with Crippen LogP contribution in [0.15, 0.2) is 170 Å². The quantitative estimate of drug-likeness (QED) is 0.167. The van der Waals surface area contributed by atoms with Crippen LogP contribution in [0, 0.1) is 0 Å². The zero-order valence-electron chi connectivity index (χ0n) is 31.2. The Morgan fingerprint density at radius 1 is 0.463 bits per heavy atom. The molecule has 0 heterocycles. The first-order valence-corrected chi connectivity index (χ1v) is 19.8. The summed E-state index contributed by atoms with van der Waals surface area (Å²) in [4.78, 5) is 2.62. The molecule has 8 aromatic rings. The molecule has 54 heavy (non-hydrogen) atoms. The number of hydrogen-bond donors (Lipinski definition) is 0. The number of benzene rings is 8. The summed E-state index contributed by atoms with van der Waals surface area (Å²) in [7, 11) is 0. The van der Waals surface area contributed by atoms with E-state index in [2.05, 4.69) is 189 Å². The Labute approximate surface area is 319 Å². The van der Waals surface area contributed by atoms with Gasteiger partial charge in [0.2, 0.25) is 0 Å². The van der Waals surface area contributed by atoms with Crippen molar-refractivity contribution in [2.45, 2.75) is 57.3 Å². The van der Waals surface area contributed by atoms with Crippen molar-refractivity contribution >= 4 is 38.6 Å². The normalized spacial score (nSPS) is 14.9.